The Morgan fingerprint density at radius 3 is 2.63 bits per heavy atom. The molecule has 1 aromatic heterocycles. The quantitative estimate of drug-likeness (QED) is 0.774. The van der Waals surface area contributed by atoms with Gasteiger partial charge in [0.2, 0.25) is 0 Å². The van der Waals surface area contributed by atoms with Crippen molar-refractivity contribution in [3.05, 3.63) is 23.5 Å². The van der Waals surface area contributed by atoms with E-state index >= 15 is 0 Å². The van der Waals surface area contributed by atoms with Gasteiger partial charge in [-0.1, -0.05) is 0 Å². The van der Waals surface area contributed by atoms with Gasteiger partial charge in [0.15, 0.2) is 5.78 Å². The molecule has 0 bridgehead atoms. The zero-order valence-corrected chi connectivity index (χ0v) is 10.7. The van der Waals surface area contributed by atoms with Gasteiger partial charge in [-0.15, -0.1) is 0 Å². The lowest BCUT2D eigenvalue weighted by atomic mass is 10.1. The highest BCUT2D eigenvalue weighted by molar-refractivity contribution is 5.99. The molecule has 7 heteroatoms. The Labute approximate surface area is 109 Å². The molecule has 1 aromatic rings. The van der Waals surface area contributed by atoms with E-state index in [1.165, 1.54) is 31.2 Å². The standard InChI is InChI=1S/C12H15N3O4/c1-7(16)8-3-10(13-4-8)11(17)14-9-5-15(6-9)12(18)19-2/h3-4,9,13H,5-6H2,1-2H3,(H,14,17). The second kappa shape index (κ2) is 5.13. The number of ketones is 1. The van der Waals surface area contributed by atoms with Crippen LogP contribution in [0.1, 0.15) is 27.8 Å². The molecule has 2 N–H and O–H groups in total. The van der Waals surface area contributed by atoms with E-state index in [2.05, 4.69) is 15.0 Å². The number of hydrogen-bond acceptors (Lipinski definition) is 4. The minimum atomic E-state index is -0.399. The van der Waals surface area contributed by atoms with E-state index in [1.54, 1.807) is 0 Å². The first-order chi connectivity index (χ1) is 9.01. The number of ether oxygens (including phenoxy) is 1. The Morgan fingerprint density at radius 2 is 2.11 bits per heavy atom. The molecule has 1 aliphatic heterocycles. The predicted octanol–water partition coefficient (Wildman–Crippen LogP) is 0.398. The van der Waals surface area contributed by atoms with Gasteiger partial charge in [-0.3, -0.25) is 9.59 Å². The van der Waals surface area contributed by atoms with Gasteiger partial charge in [0, 0.05) is 24.8 Å². The first kappa shape index (κ1) is 13.1. The topological polar surface area (TPSA) is 91.5 Å². The van der Waals surface area contributed by atoms with Crippen LogP contribution in [0.2, 0.25) is 0 Å². The highest BCUT2D eigenvalue weighted by Crippen LogP contribution is 2.10. The normalized spacial score (nSPS) is 14.7. The summed E-state index contributed by atoms with van der Waals surface area (Å²) in [6.45, 7) is 2.29. The number of methoxy groups -OCH3 is 1. The van der Waals surface area contributed by atoms with Crippen LogP contribution in [0.15, 0.2) is 12.3 Å². The van der Waals surface area contributed by atoms with Gasteiger partial charge >= 0.3 is 6.09 Å². The van der Waals surface area contributed by atoms with Gasteiger partial charge in [-0.2, -0.15) is 0 Å². The largest absolute Gasteiger partial charge is 0.453 e. The van der Waals surface area contributed by atoms with Crippen LogP contribution in [0.25, 0.3) is 0 Å². The van der Waals surface area contributed by atoms with Crippen molar-refractivity contribution in [3.8, 4) is 0 Å². The number of aromatic nitrogens is 1. The number of carbonyl (C=O) groups is 3. The van der Waals surface area contributed by atoms with Gasteiger partial charge in [-0.25, -0.2) is 4.79 Å². The van der Waals surface area contributed by atoms with Crippen LogP contribution in [0.5, 0.6) is 0 Å². The third-order valence-corrected chi connectivity index (χ3v) is 2.98. The van der Waals surface area contributed by atoms with E-state index in [1.807, 2.05) is 0 Å². The molecule has 0 saturated carbocycles. The number of carbonyl (C=O) groups excluding carboxylic acids is 3. The third-order valence-electron chi connectivity index (χ3n) is 2.98. The van der Waals surface area contributed by atoms with Crippen molar-refractivity contribution in [2.75, 3.05) is 20.2 Å². The van der Waals surface area contributed by atoms with Crippen LogP contribution in [-0.2, 0) is 4.74 Å². The predicted molar refractivity (Wildman–Crippen MR) is 66.0 cm³/mol. The van der Waals surface area contributed by atoms with Crippen molar-refractivity contribution in [2.45, 2.75) is 13.0 Å². The molecular weight excluding hydrogens is 250 g/mol. The number of aromatic amines is 1. The van der Waals surface area contributed by atoms with Crippen LogP contribution < -0.4 is 5.32 Å². The van der Waals surface area contributed by atoms with Gasteiger partial charge < -0.3 is 19.9 Å². The summed E-state index contributed by atoms with van der Waals surface area (Å²) in [4.78, 5) is 38.3. The molecule has 0 atom stereocenters. The van der Waals surface area contributed by atoms with Crippen LogP contribution in [0.4, 0.5) is 4.79 Å². The van der Waals surface area contributed by atoms with E-state index in [0.29, 0.717) is 24.3 Å². The SMILES string of the molecule is COC(=O)N1CC(NC(=O)c2cc(C(C)=O)c[nH]2)C1. The Balaban J connectivity index is 1.85. The zero-order valence-electron chi connectivity index (χ0n) is 10.7. The lowest BCUT2D eigenvalue weighted by Crippen LogP contribution is -2.60. The Morgan fingerprint density at radius 1 is 1.42 bits per heavy atom. The number of Topliss-reactive ketones (excluding diaryl/α,β-unsaturated/α-hetero) is 1. The van der Waals surface area contributed by atoms with Crippen molar-refractivity contribution in [1.82, 2.24) is 15.2 Å². The summed E-state index contributed by atoms with van der Waals surface area (Å²) >= 11 is 0. The van der Waals surface area contributed by atoms with Gasteiger partial charge in [0.1, 0.15) is 5.69 Å². The minimum absolute atomic E-state index is 0.0873. The molecule has 7 nitrogen and oxygen atoms in total. The molecule has 1 aliphatic rings. The van der Waals surface area contributed by atoms with Crippen LogP contribution in [0.3, 0.4) is 0 Å². The average Bonchev–Trinajstić information content (AvgIpc) is 2.81. The summed E-state index contributed by atoms with van der Waals surface area (Å²) in [6.07, 6.45) is 1.10. The molecule has 0 aliphatic carbocycles. The summed E-state index contributed by atoms with van der Waals surface area (Å²) < 4.78 is 4.55. The van der Waals surface area contributed by atoms with Crippen molar-refractivity contribution in [2.24, 2.45) is 0 Å². The number of nitrogens with one attached hydrogen (secondary N) is 2. The maximum absolute atomic E-state index is 11.8. The Kier molecular flexibility index (Phi) is 3.55. The van der Waals surface area contributed by atoms with Crippen molar-refractivity contribution in [3.63, 3.8) is 0 Å². The van der Waals surface area contributed by atoms with Crippen LogP contribution >= 0.6 is 0 Å². The molecule has 2 rings (SSSR count). The van der Waals surface area contributed by atoms with E-state index in [0.717, 1.165) is 0 Å². The molecule has 0 aromatic carbocycles. The minimum Gasteiger partial charge on any atom is -0.453 e. The maximum atomic E-state index is 11.8. The fourth-order valence-corrected chi connectivity index (χ4v) is 1.84. The van der Waals surface area contributed by atoms with Crippen LogP contribution in [-0.4, -0.2) is 53.9 Å². The number of amides is 2. The number of H-pyrrole nitrogens is 1. The van der Waals surface area contributed by atoms with Crippen molar-refractivity contribution < 1.29 is 19.1 Å². The Hall–Kier alpha value is -2.31. The van der Waals surface area contributed by atoms with E-state index in [-0.39, 0.29) is 17.7 Å². The van der Waals surface area contributed by atoms with Crippen molar-refractivity contribution >= 4 is 17.8 Å². The highest BCUT2D eigenvalue weighted by atomic mass is 16.5. The molecule has 0 unspecified atom stereocenters. The zero-order chi connectivity index (χ0) is 14.0. The fourth-order valence-electron chi connectivity index (χ4n) is 1.84. The average molecular weight is 265 g/mol. The molecule has 2 amide bonds. The summed E-state index contributed by atoms with van der Waals surface area (Å²) in [6, 6.07) is 1.42. The van der Waals surface area contributed by atoms with Crippen molar-refractivity contribution in [1.29, 1.82) is 0 Å². The number of hydrogen-bond donors (Lipinski definition) is 2. The second-order valence-electron chi connectivity index (χ2n) is 4.40. The van der Waals surface area contributed by atoms with Crippen LogP contribution in [0, 0.1) is 0 Å². The summed E-state index contributed by atoms with van der Waals surface area (Å²) in [5, 5.41) is 2.76. The number of nitrogens with zero attached hydrogens (tertiary/aromatic N) is 1. The van der Waals surface area contributed by atoms with E-state index < -0.39 is 6.09 Å². The van der Waals surface area contributed by atoms with E-state index in [4.69, 9.17) is 0 Å². The first-order valence-electron chi connectivity index (χ1n) is 5.84. The van der Waals surface area contributed by atoms with Gasteiger partial charge in [0.25, 0.3) is 5.91 Å². The van der Waals surface area contributed by atoms with Gasteiger partial charge in [0.05, 0.1) is 13.2 Å². The lowest BCUT2D eigenvalue weighted by molar-refractivity contribution is 0.0695. The number of likely N-dealkylation sites (tertiary alicyclic amines) is 1. The lowest BCUT2D eigenvalue weighted by Gasteiger charge is -2.38. The highest BCUT2D eigenvalue weighted by Gasteiger charge is 2.32. The van der Waals surface area contributed by atoms with E-state index in [9.17, 15) is 14.4 Å². The second-order valence-corrected chi connectivity index (χ2v) is 4.40. The van der Waals surface area contributed by atoms with Gasteiger partial charge in [-0.05, 0) is 13.0 Å². The molecule has 1 fully saturated rings. The summed E-state index contributed by atoms with van der Waals surface area (Å²) in [5.41, 5.74) is 0.802. The molecule has 1 saturated heterocycles. The summed E-state index contributed by atoms with van der Waals surface area (Å²) in [5.74, 6) is -0.391. The molecule has 102 valence electrons. The molecular formula is C12H15N3O4. The number of rotatable bonds is 3. The molecule has 0 spiro atoms. The maximum Gasteiger partial charge on any atom is 0.409 e. The smallest absolute Gasteiger partial charge is 0.409 e. The monoisotopic (exact) mass is 265 g/mol. The Bertz CT molecular complexity index is 517. The molecule has 19 heavy (non-hydrogen) atoms. The summed E-state index contributed by atoms with van der Waals surface area (Å²) in [7, 11) is 1.32. The fraction of sp³-hybridized carbons (Fsp3) is 0.417. The first-order valence-corrected chi connectivity index (χ1v) is 5.84. The molecule has 0 radical (unpaired) electrons. The molecule has 2 heterocycles. The third kappa shape index (κ3) is 2.75.